The molecule has 1 nitrogen and oxygen atoms in total. The maximum atomic E-state index is 2.46. The van der Waals surface area contributed by atoms with E-state index in [1.165, 1.54) is 56.9 Å². The van der Waals surface area contributed by atoms with Crippen molar-refractivity contribution in [3.63, 3.8) is 0 Å². The lowest BCUT2D eigenvalue weighted by molar-refractivity contribution is 0.403. The minimum atomic E-state index is 0.202. The number of fused-ring (bicyclic) bond motifs is 1. The van der Waals surface area contributed by atoms with Gasteiger partial charge in [-0.25, -0.2) is 0 Å². The molecule has 0 saturated carbocycles. The molecule has 0 atom stereocenters. The zero-order chi connectivity index (χ0) is 24.1. The molecule has 4 aromatic carbocycles. The molecule has 0 fully saturated rings. The SMILES string of the molecule is Cc1cc(N(c2ccccc2)c2ccccc2)cc(C)c1-c1ccc2c(c1)C(C)(C)CC2(C)C. The minimum Gasteiger partial charge on any atom is -0.310 e. The minimum absolute atomic E-state index is 0.202. The molecule has 1 aliphatic rings. The molecule has 0 saturated heterocycles. The summed E-state index contributed by atoms with van der Waals surface area (Å²) >= 11 is 0. The van der Waals surface area contributed by atoms with Crippen molar-refractivity contribution in [2.75, 3.05) is 4.90 Å². The smallest absolute Gasteiger partial charge is 0.0467 e. The van der Waals surface area contributed by atoms with Gasteiger partial charge in [-0.15, -0.1) is 0 Å². The van der Waals surface area contributed by atoms with Crippen LogP contribution in [0.1, 0.15) is 56.4 Å². The molecule has 0 amide bonds. The first-order valence-corrected chi connectivity index (χ1v) is 12.3. The highest BCUT2D eigenvalue weighted by Crippen LogP contribution is 2.50. The summed E-state index contributed by atoms with van der Waals surface area (Å²) in [6, 6.07) is 33.1. The molecule has 0 N–H and O–H groups in total. The van der Waals surface area contributed by atoms with Crippen molar-refractivity contribution < 1.29 is 0 Å². The van der Waals surface area contributed by atoms with Gasteiger partial charge in [0.15, 0.2) is 0 Å². The standard InChI is InChI=1S/C33H35N/c1-23-19-28(34(26-13-9-7-10-14-26)27-15-11-8-12-16-27)20-24(2)31(23)25-17-18-29-30(21-25)33(5,6)22-32(29,3)4/h7-21H,22H2,1-6H3. The van der Waals surface area contributed by atoms with Crippen LogP contribution in [0.25, 0.3) is 11.1 Å². The molecule has 0 bridgehead atoms. The second-order valence-corrected chi connectivity index (χ2v) is 11.2. The summed E-state index contributed by atoms with van der Waals surface area (Å²) in [6.07, 6.45) is 1.19. The Morgan fingerprint density at radius 1 is 0.559 bits per heavy atom. The van der Waals surface area contributed by atoms with Crippen molar-refractivity contribution in [3.05, 3.63) is 113 Å². The van der Waals surface area contributed by atoms with Gasteiger partial charge in [-0.2, -0.15) is 0 Å². The normalized spacial score (nSPS) is 15.7. The van der Waals surface area contributed by atoms with Gasteiger partial charge in [-0.1, -0.05) is 82.3 Å². The van der Waals surface area contributed by atoms with Crippen molar-refractivity contribution in [2.45, 2.75) is 58.8 Å². The zero-order valence-corrected chi connectivity index (χ0v) is 21.3. The summed E-state index contributed by atoms with van der Waals surface area (Å²) in [5.74, 6) is 0. The summed E-state index contributed by atoms with van der Waals surface area (Å²) in [4.78, 5) is 2.35. The van der Waals surface area contributed by atoms with Crippen LogP contribution in [-0.4, -0.2) is 0 Å². The molecule has 1 aliphatic carbocycles. The fourth-order valence-electron chi connectivity index (χ4n) is 6.27. The van der Waals surface area contributed by atoms with Crippen LogP contribution in [0, 0.1) is 13.8 Å². The van der Waals surface area contributed by atoms with E-state index >= 15 is 0 Å². The lowest BCUT2D eigenvalue weighted by Gasteiger charge is -2.27. The predicted molar refractivity (Wildman–Crippen MR) is 147 cm³/mol. The number of benzene rings is 4. The van der Waals surface area contributed by atoms with Crippen LogP contribution in [0.4, 0.5) is 17.1 Å². The fourth-order valence-corrected chi connectivity index (χ4v) is 6.27. The average molecular weight is 446 g/mol. The van der Waals surface area contributed by atoms with E-state index in [1.807, 2.05) is 0 Å². The van der Waals surface area contributed by atoms with Crippen LogP contribution in [0.5, 0.6) is 0 Å². The Labute approximate surface area is 205 Å². The topological polar surface area (TPSA) is 3.24 Å². The predicted octanol–water partition coefficient (Wildman–Crippen LogP) is 9.40. The van der Waals surface area contributed by atoms with Gasteiger partial charge in [0, 0.05) is 17.1 Å². The Bertz CT molecular complexity index is 1270. The van der Waals surface area contributed by atoms with Crippen molar-refractivity contribution in [1.82, 2.24) is 0 Å². The third-order valence-corrected chi connectivity index (χ3v) is 7.45. The summed E-state index contributed by atoms with van der Waals surface area (Å²) in [5, 5.41) is 0. The monoisotopic (exact) mass is 445 g/mol. The third-order valence-electron chi connectivity index (χ3n) is 7.45. The zero-order valence-electron chi connectivity index (χ0n) is 21.3. The van der Waals surface area contributed by atoms with E-state index in [9.17, 15) is 0 Å². The molecular weight excluding hydrogens is 410 g/mol. The molecule has 0 radical (unpaired) electrons. The molecule has 0 spiro atoms. The Morgan fingerprint density at radius 3 is 1.59 bits per heavy atom. The molecule has 0 aromatic heterocycles. The molecule has 172 valence electrons. The first-order chi connectivity index (χ1) is 16.2. The highest BCUT2D eigenvalue weighted by molar-refractivity contribution is 5.81. The van der Waals surface area contributed by atoms with Gasteiger partial charge < -0.3 is 4.90 Å². The maximum absolute atomic E-state index is 2.46. The molecule has 34 heavy (non-hydrogen) atoms. The lowest BCUT2D eigenvalue weighted by Crippen LogP contribution is -2.17. The first kappa shape index (κ1) is 22.5. The van der Waals surface area contributed by atoms with Gasteiger partial charge in [-0.05, 0) is 101 Å². The molecule has 5 rings (SSSR count). The van der Waals surface area contributed by atoms with Gasteiger partial charge >= 0.3 is 0 Å². The fraction of sp³-hybridized carbons (Fsp3) is 0.273. The van der Waals surface area contributed by atoms with Crippen LogP contribution in [-0.2, 0) is 10.8 Å². The molecule has 0 unspecified atom stereocenters. The van der Waals surface area contributed by atoms with Crippen LogP contribution in [0.2, 0.25) is 0 Å². The van der Waals surface area contributed by atoms with Crippen LogP contribution in [0.15, 0.2) is 91.0 Å². The lowest BCUT2D eigenvalue weighted by atomic mass is 9.82. The quantitative estimate of drug-likeness (QED) is 0.302. The van der Waals surface area contributed by atoms with Gasteiger partial charge in [0.25, 0.3) is 0 Å². The van der Waals surface area contributed by atoms with E-state index in [-0.39, 0.29) is 10.8 Å². The average Bonchev–Trinajstić information content (AvgIpc) is 2.98. The van der Waals surface area contributed by atoms with E-state index in [4.69, 9.17) is 0 Å². The van der Waals surface area contributed by atoms with Crippen LogP contribution >= 0.6 is 0 Å². The van der Waals surface area contributed by atoms with E-state index in [2.05, 4.69) is 137 Å². The number of hydrogen-bond donors (Lipinski definition) is 0. The first-order valence-electron chi connectivity index (χ1n) is 12.3. The molecular formula is C33H35N. The number of hydrogen-bond acceptors (Lipinski definition) is 1. The highest BCUT2D eigenvalue weighted by atomic mass is 15.1. The number of aryl methyl sites for hydroxylation is 2. The van der Waals surface area contributed by atoms with Crippen molar-refractivity contribution in [1.29, 1.82) is 0 Å². The molecule has 4 aromatic rings. The highest BCUT2D eigenvalue weighted by Gasteiger charge is 2.41. The number of para-hydroxylation sites is 2. The van der Waals surface area contributed by atoms with E-state index < -0.39 is 0 Å². The number of nitrogens with zero attached hydrogens (tertiary/aromatic N) is 1. The van der Waals surface area contributed by atoms with E-state index in [0.717, 1.165) is 0 Å². The van der Waals surface area contributed by atoms with Gasteiger partial charge in [0.1, 0.15) is 0 Å². The van der Waals surface area contributed by atoms with Crippen molar-refractivity contribution in [2.24, 2.45) is 0 Å². The van der Waals surface area contributed by atoms with Crippen molar-refractivity contribution in [3.8, 4) is 11.1 Å². The maximum Gasteiger partial charge on any atom is 0.0467 e. The Hall–Kier alpha value is -3.32. The Kier molecular flexibility index (Phi) is 5.40. The second-order valence-electron chi connectivity index (χ2n) is 11.2. The number of anilines is 3. The third kappa shape index (κ3) is 3.84. The summed E-state index contributed by atoms with van der Waals surface area (Å²) < 4.78 is 0. The Morgan fingerprint density at radius 2 is 1.06 bits per heavy atom. The van der Waals surface area contributed by atoms with Crippen molar-refractivity contribution >= 4 is 17.1 Å². The summed E-state index contributed by atoms with van der Waals surface area (Å²) in [5.41, 5.74) is 12.3. The second kappa shape index (κ2) is 8.17. The van der Waals surface area contributed by atoms with Crippen LogP contribution in [0.3, 0.4) is 0 Å². The van der Waals surface area contributed by atoms with E-state index in [1.54, 1.807) is 0 Å². The van der Waals surface area contributed by atoms with Gasteiger partial charge in [0.05, 0.1) is 0 Å². The molecule has 0 aliphatic heterocycles. The van der Waals surface area contributed by atoms with Gasteiger partial charge in [-0.3, -0.25) is 0 Å². The van der Waals surface area contributed by atoms with Crippen LogP contribution < -0.4 is 4.90 Å². The summed E-state index contributed by atoms with van der Waals surface area (Å²) in [6.45, 7) is 14.1. The molecule has 0 heterocycles. The Balaban J connectivity index is 1.63. The number of rotatable bonds is 4. The van der Waals surface area contributed by atoms with E-state index in [0.29, 0.717) is 0 Å². The molecule has 1 heteroatoms. The summed E-state index contributed by atoms with van der Waals surface area (Å²) in [7, 11) is 0. The largest absolute Gasteiger partial charge is 0.310 e. The van der Waals surface area contributed by atoms with Gasteiger partial charge in [0.2, 0.25) is 0 Å².